The van der Waals surface area contributed by atoms with Crippen LogP contribution in [0.3, 0.4) is 0 Å². The van der Waals surface area contributed by atoms with Crippen LogP contribution < -0.4 is 5.73 Å². The van der Waals surface area contributed by atoms with Crippen LogP contribution in [0.5, 0.6) is 0 Å². The lowest BCUT2D eigenvalue weighted by molar-refractivity contribution is 0.0977. The first-order chi connectivity index (χ1) is 5.60. The molecule has 1 atom stereocenters. The lowest BCUT2D eigenvalue weighted by atomic mass is 10.5. The van der Waals surface area contributed by atoms with Gasteiger partial charge in [0.25, 0.3) is 0 Å². The van der Waals surface area contributed by atoms with Crippen molar-refractivity contribution in [2.45, 2.75) is 32.9 Å². The second-order valence-electron chi connectivity index (χ2n) is 2.51. The molecule has 12 heavy (non-hydrogen) atoms. The second-order valence-corrected chi connectivity index (χ2v) is 5.09. The topological polar surface area (TPSA) is 64.7 Å². The molecule has 0 amide bonds. The summed E-state index contributed by atoms with van der Waals surface area (Å²) in [6.45, 7) is 6.42. The molecule has 0 aliphatic rings. The molecule has 0 aromatic heterocycles. The van der Waals surface area contributed by atoms with E-state index in [9.17, 15) is 4.80 Å². The Morgan fingerprint density at radius 2 is 1.67 bits per heavy atom. The van der Waals surface area contributed by atoms with Crippen LogP contribution in [0.25, 0.3) is 0 Å². The summed E-state index contributed by atoms with van der Waals surface area (Å²) in [6, 6.07) is 0. The normalized spacial score (nSPS) is 14.8. The van der Waals surface area contributed by atoms with Gasteiger partial charge in [-0.25, -0.2) is 0 Å². The van der Waals surface area contributed by atoms with Crippen molar-refractivity contribution in [1.82, 2.24) is 0 Å². The van der Waals surface area contributed by atoms with Gasteiger partial charge in [-0.15, -0.1) is 0 Å². The zero-order valence-electron chi connectivity index (χ0n) is 8.04. The average molecular weight is 193 g/mol. The van der Waals surface area contributed by atoms with Crippen molar-refractivity contribution in [3.63, 3.8) is 0 Å². The van der Waals surface area contributed by atoms with Crippen LogP contribution in [0.15, 0.2) is 0 Å². The summed E-state index contributed by atoms with van der Waals surface area (Å²) in [4.78, 5) is 9.85. The molecule has 5 heteroatoms. The SMILES string of the molecule is CCO[Si](O)(OCC)C(N)CC. The maximum absolute atomic E-state index is 9.85. The molecule has 1 unspecified atom stereocenters. The number of hydrogen-bond donors (Lipinski definition) is 2. The Balaban J connectivity index is 4.15. The fraction of sp³-hybridized carbons (Fsp3) is 1.00. The molecule has 0 fully saturated rings. The van der Waals surface area contributed by atoms with E-state index in [4.69, 9.17) is 14.6 Å². The summed E-state index contributed by atoms with van der Waals surface area (Å²) in [7, 11) is -3.08. The quantitative estimate of drug-likeness (QED) is 0.594. The fourth-order valence-electron chi connectivity index (χ4n) is 0.927. The molecular weight excluding hydrogens is 174 g/mol. The van der Waals surface area contributed by atoms with E-state index in [1.54, 1.807) is 0 Å². The van der Waals surface area contributed by atoms with Crippen LogP contribution in [0.1, 0.15) is 27.2 Å². The number of hydrogen-bond acceptors (Lipinski definition) is 4. The van der Waals surface area contributed by atoms with Gasteiger partial charge in [0.2, 0.25) is 0 Å². The van der Waals surface area contributed by atoms with E-state index in [0.717, 1.165) is 0 Å². The van der Waals surface area contributed by atoms with E-state index in [-0.39, 0.29) is 5.67 Å². The minimum atomic E-state index is -3.08. The highest BCUT2D eigenvalue weighted by molar-refractivity contribution is 6.61. The van der Waals surface area contributed by atoms with Crippen molar-refractivity contribution in [3.05, 3.63) is 0 Å². The van der Waals surface area contributed by atoms with Crippen molar-refractivity contribution in [2.75, 3.05) is 13.2 Å². The van der Waals surface area contributed by atoms with Crippen molar-refractivity contribution in [3.8, 4) is 0 Å². The average Bonchev–Trinajstić information content (AvgIpc) is 2.04. The van der Waals surface area contributed by atoms with Gasteiger partial charge in [0, 0.05) is 13.2 Å². The van der Waals surface area contributed by atoms with Gasteiger partial charge in [-0.05, 0) is 20.3 Å². The summed E-state index contributed by atoms with van der Waals surface area (Å²) >= 11 is 0. The van der Waals surface area contributed by atoms with Crippen LogP contribution in [-0.4, -0.2) is 32.5 Å². The van der Waals surface area contributed by atoms with Crippen LogP contribution in [-0.2, 0) is 8.85 Å². The van der Waals surface area contributed by atoms with E-state index >= 15 is 0 Å². The molecule has 0 rings (SSSR count). The van der Waals surface area contributed by atoms with E-state index in [1.807, 2.05) is 20.8 Å². The largest absolute Gasteiger partial charge is 0.515 e. The second kappa shape index (κ2) is 5.66. The zero-order chi connectivity index (χ0) is 9.61. The molecule has 0 radical (unpaired) electrons. The van der Waals surface area contributed by atoms with Crippen molar-refractivity contribution < 1.29 is 13.6 Å². The van der Waals surface area contributed by atoms with Gasteiger partial charge in [-0.3, -0.25) is 0 Å². The van der Waals surface area contributed by atoms with Crippen molar-refractivity contribution in [2.24, 2.45) is 5.73 Å². The third kappa shape index (κ3) is 3.20. The third-order valence-corrected chi connectivity index (χ3v) is 4.36. The Morgan fingerprint density at radius 1 is 1.25 bits per heavy atom. The van der Waals surface area contributed by atoms with Gasteiger partial charge in [0.15, 0.2) is 0 Å². The van der Waals surface area contributed by atoms with Crippen molar-refractivity contribution >= 4 is 8.80 Å². The first-order valence-corrected chi connectivity index (χ1v) is 6.20. The summed E-state index contributed by atoms with van der Waals surface area (Å²) < 4.78 is 10.3. The lowest BCUT2D eigenvalue weighted by Crippen LogP contribution is -2.58. The van der Waals surface area contributed by atoms with Crippen LogP contribution in [0.4, 0.5) is 0 Å². The smallest absolute Gasteiger partial charge is 0.389 e. The maximum atomic E-state index is 9.85. The first kappa shape index (κ1) is 12.1. The molecular formula is C7H19NO3Si. The van der Waals surface area contributed by atoms with Gasteiger partial charge in [0.1, 0.15) is 0 Å². The predicted octanol–water partition coefficient (Wildman–Crippen LogP) is 0.267. The van der Waals surface area contributed by atoms with Crippen LogP contribution in [0, 0.1) is 0 Å². The number of rotatable bonds is 6. The Bertz CT molecular complexity index is 117. The Labute approximate surface area is 75.0 Å². The minimum absolute atomic E-state index is 0.364. The number of nitrogens with two attached hydrogens (primary N) is 1. The summed E-state index contributed by atoms with van der Waals surface area (Å²) in [5.74, 6) is 0. The molecule has 0 aliphatic heterocycles. The van der Waals surface area contributed by atoms with E-state index < -0.39 is 8.80 Å². The highest BCUT2D eigenvalue weighted by Gasteiger charge is 2.42. The van der Waals surface area contributed by atoms with Crippen LogP contribution >= 0.6 is 0 Å². The van der Waals surface area contributed by atoms with Crippen molar-refractivity contribution in [1.29, 1.82) is 0 Å². The standard InChI is InChI=1S/C7H19NO3Si/c1-4-7(8)12(9,10-5-2)11-6-3/h7,9H,4-6,8H2,1-3H3. The molecule has 0 aromatic carbocycles. The molecule has 0 aromatic rings. The highest BCUT2D eigenvalue weighted by atomic mass is 28.4. The Morgan fingerprint density at radius 3 is 1.92 bits per heavy atom. The van der Waals surface area contributed by atoms with E-state index in [2.05, 4.69) is 0 Å². The molecule has 0 bridgehead atoms. The molecule has 4 nitrogen and oxygen atoms in total. The molecule has 0 saturated carbocycles. The molecule has 0 heterocycles. The monoisotopic (exact) mass is 193 g/mol. The van der Waals surface area contributed by atoms with E-state index in [1.165, 1.54) is 0 Å². The van der Waals surface area contributed by atoms with Crippen LogP contribution in [0.2, 0.25) is 0 Å². The van der Waals surface area contributed by atoms with Gasteiger partial charge in [-0.2, -0.15) is 0 Å². The summed E-state index contributed by atoms with van der Waals surface area (Å²) in [6.07, 6.45) is 0.669. The van der Waals surface area contributed by atoms with Gasteiger partial charge < -0.3 is 19.4 Å². The molecule has 0 saturated heterocycles. The molecule has 74 valence electrons. The molecule has 0 aliphatic carbocycles. The molecule has 0 spiro atoms. The zero-order valence-corrected chi connectivity index (χ0v) is 9.04. The minimum Gasteiger partial charge on any atom is -0.389 e. The first-order valence-electron chi connectivity index (χ1n) is 4.36. The van der Waals surface area contributed by atoms with Gasteiger partial charge >= 0.3 is 8.80 Å². The Hall–Kier alpha value is 0.0569. The van der Waals surface area contributed by atoms with E-state index in [0.29, 0.717) is 19.6 Å². The highest BCUT2D eigenvalue weighted by Crippen LogP contribution is 2.09. The van der Waals surface area contributed by atoms with Gasteiger partial charge in [-0.1, -0.05) is 6.92 Å². The Kier molecular flexibility index (Phi) is 5.69. The summed E-state index contributed by atoms with van der Waals surface area (Å²) in [5.41, 5.74) is 5.32. The summed E-state index contributed by atoms with van der Waals surface area (Å²) in [5, 5.41) is 0. The molecule has 3 N–H and O–H groups in total. The predicted molar refractivity (Wildman–Crippen MR) is 49.5 cm³/mol. The fourth-order valence-corrected chi connectivity index (χ4v) is 2.78. The third-order valence-electron chi connectivity index (χ3n) is 1.61. The van der Waals surface area contributed by atoms with Gasteiger partial charge in [0.05, 0.1) is 5.67 Å². The maximum Gasteiger partial charge on any atom is 0.515 e. The lowest BCUT2D eigenvalue weighted by Gasteiger charge is -2.27.